The smallest absolute Gasteiger partial charge is 0.186 e. The Morgan fingerprint density at radius 1 is 0.870 bits per heavy atom. The van der Waals surface area contributed by atoms with Crippen LogP contribution in [0.1, 0.15) is 22.6 Å². The van der Waals surface area contributed by atoms with Crippen molar-refractivity contribution < 1.29 is 8.76 Å². The Morgan fingerprint density at radius 2 is 1.61 bits per heavy atom. The van der Waals surface area contributed by atoms with Crippen LogP contribution in [0.15, 0.2) is 77.7 Å². The van der Waals surface area contributed by atoms with Crippen molar-refractivity contribution >= 4 is 11.1 Å². The quantitative estimate of drug-likeness (QED) is 0.699. The summed E-state index contributed by atoms with van der Waals surface area (Å²) in [6.07, 6.45) is 0.849. The minimum atomic E-state index is -1.94. The number of fused-ring (bicyclic) bond motifs is 3. The summed E-state index contributed by atoms with van der Waals surface area (Å²) in [5.41, 5.74) is 6.13. The third kappa shape index (κ3) is 2.52. The standard InChI is InChI=1S/C20H16O2S/c21-23(22)16-10-11-17-15(12-16)13-20(14-6-2-1-3-7-14)19-9-5-4-8-18(17)19/h1-12,20H,13H2,(H,21,22). The monoisotopic (exact) mass is 320 g/mol. The summed E-state index contributed by atoms with van der Waals surface area (Å²) in [7, 11) is 0. The van der Waals surface area contributed by atoms with Crippen LogP contribution in [-0.2, 0) is 17.5 Å². The zero-order valence-electron chi connectivity index (χ0n) is 12.5. The topological polar surface area (TPSA) is 37.3 Å². The fourth-order valence-electron chi connectivity index (χ4n) is 3.47. The molecule has 0 spiro atoms. The van der Waals surface area contributed by atoms with Crippen molar-refractivity contribution in [3.05, 3.63) is 89.5 Å². The molecule has 4 rings (SSSR count). The molecule has 114 valence electrons. The van der Waals surface area contributed by atoms with Gasteiger partial charge >= 0.3 is 0 Å². The molecule has 0 bridgehead atoms. The molecule has 0 fully saturated rings. The average molecular weight is 320 g/mol. The maximum atomic E-state index is 11.4. The van der Waals surface area contributed by atoms with Gasteiger partial charge in [-0.25, -0.2) is 4.21 Å². The first-order valence-corrected chi connectivity index (χ1v) is 8.73. The molecule has 1 N–H and O–H groups in total. The Morgan fingerprint density at radius 3 is 2.39 bits per heavy atom. The van der Waals surface area contributed by atoms with Crippen LogP contribution in [0, 0.1) is 0 Å². The first kappa shape index (κ1) is 14.4. The molecule has 0 radical (unpaired) electrons. The summed E-state index contributed by atoms with van der Waals surface area (Å²) in [5.74, 6) is 0.280. The van der Waals surface area contributed by atoms with Crippen LogP contribution in [0.3, 0.4) is 0 Å². The van der Waals surface area contributed by atoms with Gasteiger partial charge in [0.05, 0.1) is 4.90 Å². The molecular formula is C20H16O2S. The van der Waals surface area contributed by atoms with Crippen molar-refractivity contribution in [1.29, 1.82) is 0 Å². The van der Waals surface area contributed by atoms with E-state index < -0.39 is 11.1 Å². The summed E-state index contributed by atoms with van der Waals surface area (Å²) < 4.78 is 20.8. The Hall–Kier alpha value is -2.23. The van der Waals surface area contributed by atoms with E-state index in [1.807, 2.05) is 24.3 Å². The van der Waals surface area contributed by atoms with Gasteiger partial charge in [-0.2, -0.15) is 0 Å². The van der Waals surface area contributed by atoms with Crippen molar-refractivity contribution in [2.75, 3.05) is 0 Å². The molecule has 0 amide bonds. The molecule has 0 aliphatic heterocycles. The normalized spacial score (nSPS) is 17.2. The first-order valence-electron chi connectivity index (χ1n) is 7.62. The van der Waals surface area contributed by atoms with Crippen LogP contribution in [0.25, 0.3) is 11.1 Å². The molecule has 0 saturated heterocycles. The van der Waals surface area contributed by atoms with Crippen LogP contribution < -0.4 is 0 Å². The Balaban J connectivity index is 1.91. The molecule has 2 nitrogen and oxygen atoms in total. The summed E-state index contributed by atoms with van der Waals surface area (Å²) in [5, 5.41) is 0. The van der Waals surface area contributed by atoms with E-state index in [0.717, 1.165) is 12.0 Å². The third-order valence-corrected chi connectivity index (χ3v) is 5.19. The number of benzene rings is 3. The minimum absolute atomic E-state index is 0.280. The molecule has 2 unspecified atom stereocenters. The Labute approximate surface area is 138 Å². The highest BCUT2D eigenvalue weighted by Crippen LogP contribution is 2.42. The summed E-state index contributed by atoms with van der Waals surface area (Å²) in [4.78, 5) is 0.468. The molecular weight excluding hydrogens is 304 g/mol. The second kappa shape index (κ2) is 5.76. The minimum Gasteiger partial charge on any atom is -0.302 e. The van der Waals surface area contributed by atoms with E-state index in [9.17, 15) is 8.76 Å². The number of hydrogen-bond donors (Lipinski definition) is 1. The molecule has 0 saturated carbocycles. The van der Waals surface area contributed by atoms with Gasteiger partial charge in [0.1, 0.15) is 0 Å². The molecule has 3 aromatic rings. The van der Waals surface area contributed by atoms with Crippen molar-refractivity contribution in [3.8, 4) is 11.1 Å². The van der Waals surface area contributed by atoms with E-state index in [2.05, 4.69) is 42.5 Å². The Kier molecular flexibility index (Phi) is 3.60. The van der Waals surface area contributed by atoms with Gasteiger partial charge in [0, 0.05) is 5.92 Å². The molecule has 0 heterocycles. The lowest BCUT2D eigenvalue weighted by molar-refractivity contribution is 0.564. The Bertz CT molecular complexity index is 887. The van der Waals surface area contributed by atoms with Gasteiger partial charge in [-0.05, 0) is 46.4 Å². The lowest BCUT2D eigenvalue weighted by atomic mass is 9.76. The van der Waals surface area contributed by atoms with Gasteiger partial charge < -0.3 is 4.55 Å². The summed E-state index contributed by atoms with van der Waals surface area (Å²) >= 11 is -1.94. The summed E-state index contributed by atoms with van der Waals surface area (Å²) in [6, 6.07) is 24.5. The van der Waals surface area contributed by atoms with Crippen molar-refractivity contribution in [3.63, 3.8) is 0 Å². The SMILES string of the molecule is O=S(O)c1ccc2c(c1)CC(c1ccccc1)c1ccccc1-2. The van der Waals surface area contributed by atoms with Gasteiger partial charge in [-0.15, -0.1) is 0 Å². The predicted octanol–water partition coefficient (Wildman–Crippen LogP) is 4.62. The van der Waals surface area contributed by atoms with E-state index in [-0.39, 0.29) is 5.92 Å². The van der Waals surface area contributed by atoms with E-state index in [4.69, 9.17) is 0 Å². The molecule has 23 heavy (non-hydrogen) atoms. The predicted molar refractivity (Wildman–Crippen MR) is 92.9 cm³/mol. The lowest BCUT2D eigenvalue weighted by Crippen LogP contribution is -2.13. The fraction of sp³-hybridized carbons (Fsp3) is 0.100. The lowest BCUT2D eigenvalue weighted by Gasteiger charge is -2.28. The van der Waals surface area contributed by atoms with Crippen molar-refractivity contribution in [1.82, 2.24) is 0 Å². The van der Waals surface area contributed by atoms with Gasteiger partial charge in [-0.3, -0.25) is 0 Å². The zero-order valence-corrected chi connectivity index (χ0v) is 13.3. The second-order valence-corrected chi connectivity index (χ2v) is 6.79. The highest BCUT2D eigenvalue weighted by atomic mass is 32.2. The fourth-order valence-corrected chi connectivity index (χ4v) is 3.90. The molecule has 0 aromatic heterocycles. The van der Waals surface area contributed by atoms with E-state index >= 15 is 0 Å². The second-order valence-electron chi connectivity index (χ2n) is 5.82. The van der Waals surface area contributed by atoms with E-state index in [0.29, 0.717) is 4.90 Å². The highest BCUT2D eigenvalue weighted by molar-refractivity contribution is 7.79. The molecule has 2 atom stereocenters. The molecule has 1 aliphatic rings. The average Bonchev–Trinajstić information content (AvgIpc) is 2.61. The molecule has 1 aliphatic carbocycles. The van der Waals surface area contributed by atoms with Crippen LogP contribution in [0.2, 0.25) is 0 Å². The van der Waals surface area contributed by atoms with Gasteiger partial charge in [-0.1, -0.05) is 60.7 Å². The van der Waals surface area contributed by atoms with Crippen LogP contribution in [0.5, 0.6) is 0 Å². The van der Waals surface area contributed by atoms with Crippen LogP contribution >= 0.6 is 0 Å². The van der Waals surface area contributed by atoms with Gasteiger partial charge in [0.2, 0.25) is 0 Å². The van der Waals surface area contributed by atoms with E-state index in [1.165, 1.54) is 22.3 Å². The third-order valence-electron chi connectivity index (χ3n) is 4.53. The zero-order chi connectivity index (χ0) is 15.8. The molecule has 3 aromatic carbocycles. The number of hydrogen-bond acceptors (Lipinski definition) is 1. The van der Waals surface area contributed by atoms with Crippen molar-refractivity contribution in [2.24, 2.45) is 0 Å². The highest BCUT2D eigenvalue weighted by Gasteiger charge is 2.26. The molecule has 3 heteroatoms. The number of rotatable bonds is 2. The largest absolute Gasteiger partial charge is 0.302 e. The van der Waals surface area contributed by atoms with Crippen LogP contribution in [-0.4, -0.2) is 8.76 Å². The van der Waals surface area contributed by atoms with Gasteiger partial charge in [0.15, 0.2) is 11.1 Å². The van der Waals surface area contributed by atoms with Crippen molar-refractivity contribution in [2.45, 2.75) is 17.2 Å². The maximum Gasteiger partial charge on any atom is 0.186 e. The maximum absolute atomic E-state index is 11.4. The van der Waals surface area contributed by atoms with Crippen LogP contribution in [0.4, 0.5) is 0 Å². The van der Waals surface area contributed by atoms with Gasteiger partial charge in [0.25, 0.3) is 0 Å². The summed E-state index contributed by atoms with van der Waals surface area (Å²) in [6.45, 7) is 0. The first-order chi connectivity index (χ1) is 11.2. The van der Waals surface area contributed by atoms with E-state index in [1.54, 1.807) is 6.07 Å².